The van der Waals surface area contributed by atoms with Crippen LogP contribution >= 0.6 is 0 Å². The molecule has 0 saturated carbocycles. The maximum atomic E-state index is 9.06. The van der Waals surface area contributed by atoms with Crippen molar-refractivity contribution >= 4 is 0 Å². The molecule has 6 rings (SSSR count). The molecule has 0 spiro atoms. The van der Waals surface area contributed by atoms with Crippen LogP contribution in [0, 0.1) is 0 Å². The van der Waals surface area contributed by atoms with Gasteiger partial charge >= 0.3 is 0 Å². The molecular formula is C38H38O6. The van der Waals surface area contributed by atoms with Gasteiger partial charge in [-0.15, -0.1) is 0 Å². The van der Waals surface area contributed by atoms with Crippen molar-refractivity contribution in [2.75, 3.05) is 6.61 Å². The summed E-state index contributed by atoms with van der Waals surface area (Å²) in [5.74, 6) is 0.425. The van der Waals surface area contributed by atoms with Crippen LogP contribution in [0.25, 0.3) is 0 Å². The molecule has 1 aliphatic heterocycles. The first-order valence-electron chi connectivity index (χ1n) is 16.9. The van der Waals surface area contributed by atoms with Crippen LogP contribution in [0.5, 0.6) is 0 Å². The van der Waals surface area contributed by atoms with E-state index in [1.165, 1.54) is 6.26 Å². The lowest BCUT2D eigenvalue weighted by Crippen LogP contribution is -2.58. The highest BCUT2D eigenvalue weighted by Crippen LogP contribution is 2.38. The maximum absolute atomic E-state index is 9.06. The van der Waals surface area contributed by atoms with Gasteiger partial charge in [-0.05, 0) is 34.4 Å². The zero-order valence-electron chi connectivity index (χ0n) is 28.1. The zero-order valence-corrected chi connectivity index (χ0v) is 24.1. The average molecular weight is 595 g/mol. The second-order valence-electron chi connectivity index (χ2n) is 10.4. The summed E-state index contributed by atoms with van der Waals surface area (Å²) in [7, 11) is 0. The van der Waals surface area contributed by atoms with Gasteiger partial charge in [-0.3, -0.25) is 0 Å². The normalized spacial score (nSPS) is 25.9. The minimum Gasteiger partial charge on any atom is -0.466 e. The van der Waals surface area contributed by atoms with E-state index in [-0.39, 0.29) is 6.61 Å². The van der Waals surface area contributed by atoms with Gasteiger partial charge in [-0.1, -0.05) is 121 Å². The standard InChI is InChI=1S/C38H38O6/c1-5-14-29(15-6-1)24-39-28-34-35(41-25-30-16-7-2-8-17-30)37(42-26-31-18-9-3-10-19-31)38(36(44-34)33-22-13-23-40-33)43-27-32-20-11-4-12-21-32/h1-23,34-38H,24-28H2/t34-,35-,36?,37+,38+/m1/s1/i24D,25D,26D,27D/t24?,25?,26?,27?,34-,35-,36?,37+,38+. The monoisotopic (exact) mass is 594 g/mol. The third-order valence-electron chi connectivity index (χ3n) is 7.22. The lowest BCUT2D eigenvalue weighted by molar-refractivity contribution is -0.277. The second-order valence-corrected chi connectivity index (χ2v) is 10.4. The Morgan fingerprint density at radius 2 is 0.955 bits per heavy atom. The summed E-state index contributed by atoms with van der Waals surface area (Å²) >= 11 is 0. The van der Waals surface area contributed by atoms with Gasteiger partial charge < -0.3 is 28.1 Å². The number of hydrogen-bond acceptors (Lipinski definition) is 6. The number of furan rings is 1. The van der Waals surface area contributed by atoms with E-state index in [4.69, 9.17) is 33.6 Å². The van der Waals surface area contributed by atoms with Gasteiger partial charge in [-0.25, -0.2) is 0 Å². The molecule has 6 heteroatoms. The molecule has 1 fully saturated rings. The van der Waals surface area contributed by atoms with Gasteiger partial charge in [0, 0.05) is 0 Å². The van der Waals surface area contributed by atoms with E-state index in [9.17, 15) is 0 Å². The van der Waals surface area contributed by atoms with Gasteiger partial charge in [0.25, 0.3) is 0 Å². The summed E-state index contributed by atoms with van der Waals surface area (Å²) in [4.78, 5) is 0. The Balaban J connectivity index is 1.39. The molecule has 6 nitrogen and oxygen atoms in total. The number of rotatable bonds is 14. The van der Waals surface area contributed by atoms with Crippen molar-refractivity contribution in [1.82, 2.24) is 0 Å². The molecule has 9 atom stereocenters. The van der Waals surface area contributed by atoms with E-state index in [0.717, 1.165) is 0 Å². The molecule has 0 aliphatic carbocycles. The molecule has 44 heavy (non-hydrogen) atoms. The quantitative estimate of drug-likeness (QED) is 0.131. The predicted octanol–water partition coefficient (Wildman–Crippen LogP) is 7.69. The first kappa shape index (κ1) is 25.3. The van der Waals surface area contributed by atoms with Gasteiger partial charge in [0.05, 0.1) is 44.7 Å². The van der Waals surface area contributed by atoms with Gasteiger partial charge in [-0.2, -0.15) is 0 Å². The first-order valence-corrected chi connectivity index (χ1v) is 14.6. The fraction of sp³-hybridized carbons (Fsp3) is 0.263. The van der Waals surface area contributed by atoms with E-state index >= 15 is 0 Å². The van der Waals surface area contributed by atoms with Crippen molar-refractivity contribution in [3.8, 4) is 0 Å². The molecule has 5 aromatic rings. The van der Waals surface area contributed by atoms with E-state index < -0.39 is 56.9 Å². The van der Waals surface area contributed by atoms with E-state index in [1.807, 2.05) is 84.9 Å². The molecule has 4 aromatic carbocycles. The van der Waals surface area contributed by atoms with Crippen LogP contribution in [-0.4, -0.2) is 31.0 Å². The predicted molar refractivity (Wildman–Crippen MR) is 167 cm³/mol. The van der Waals surface area contributed by atoms with Gasteiger partial charge in [0.15, 0.2) is 0 Å². The number of ether oxygens (including phenoxy) is 5. The minimum atomic E-state index is -1.17. The van der Waals surface area contributed by atoms with Crippen molar-refractivity contribution < 1.29 is 33.6 Å². The van der Waals surface area contributed by atoms with E-state index in [2.05, 4.69) is 0 Å². The minimum absolute atomic E-state index is 0.101. The fourth-order valence-electron chi connectivity index (χ4n) is 5.04. The Labute approximate surface area is 264 Å². The fourth-order valence-corrected chi connectivity index (χ4v) is 5.04. The van der Waals surface area contributed by atoms with Crippen molar-refractivity contribution in [3.63, 3.8) is 0 Å². The van der Waals surface area contributed by atoms with Crippen LogP contribution in [0.15, 0.2) is 144 Å². The number of hydrogen-bond donors (Lipinski definition) is 0. The lowest BCUT2D eigenvalue weighted by atomic mass is 9.92. The van der Waals surface area contributed by atoms with Crippen molar-refractivity contribution in [2.24, 2.45) is 0 Å². The third kappa shape index (κ3) is 8.11. The Bertz CT molecular complexity index is 1630. The lowest BCUT2D eigenvalue weighted by Gasteiger charge is -2.45. The summed E-state index contributed by atoms with van der Waals surface area (Å²) in [6.07, 6.45) is -3.34. The SMILES string of the molecule is [2H]C(OC[C@H]1OC(c2ccco2)[C@H](OC([2H])c2ccccc2)[C@@H](OC([2H])c2ccccc2)[C@@H]1OC([2H])c1ccccc1)c1ccccc1. The van der Waals surface area contributed by atoms with Gasteiger partial charge in [0.1, 0.15) is 36.3 Å². The summed E-state index contributed by atoms with van der Waals surface area (Å²) in [5, 5.41) is 0. The van der Waals surface area contributed by atoms with Crippen LogP contribution < -0.4 is 0 Å². The molecule has 1 aromatic heterocycles. The van der Waals surface area contributed by atoms with E-state index in [1.54, 1.807) is 48.5 Å². The van der Waals surface area contributed by atoms with Crippen LogP contribution in [0.1, 0.15) is 39.6 Å². The summed E-state index contributed by atoms with van der Waals surface area (Å²) in [5.41, 5.74) is 2.50. The molecule has 226 valence electrons. The zero-order chi connectivity index (χ0) is 33.3. The average Bonchev–Trinajstić information content (AvgIpc) is 3.68. The molecule has 2 heterocycles. The summed E-state index contributed by atoms with van der Waals surface area (Å²) < 4.78 is 73.8. The molecule has 0 bridgehead atoms. The van der Waals surface area contributed by atoms with Crippen molar-refractivity contribution in [1.29, 1.82) is 0 Å². The highest BCUT2D eigenvalue weighted by atomic mass is 16.6. The third-order valence-corrected chi connectivity index (χ3v) is 7.22. The van der Waals surface area contributed by atoms with Crippen molar-refractivity contribution in [3.05, 3.63) is 168 Å². The van der Waals surface area contributed by atoms with E-state index in [0.29, 0.717) is 28.0 Å². The molecule has 1 saturated heterocycles. The maximum Gasteiger partial charge on any atom is 0.144 e. The Kier molecular flexibility index (Phi) is 8.98. The first-order chi connectivity index (χ1) is 23.5. The molecule has 1 aliphatic rings. The van der Waals surface area contributed by atoms with Crippen molar-refractivity contribution in [2.45, 2.75) is 56.9 Å². The number of benzene rings is 4. The van der Waals surface area contributed by atoms with Crippen LogP contribution in [-0.2, 0) is 50.0 Å². The Morgan fingerprint density at radius 1 is 0.500 bits per heavy atom. The van der Waals surface area contributed by atoms with Crippen LogP contribution in [0.3, 0.4) is 0 Å². The highest BCUT2D eigenvalue weighted by molar-refractivity contribution is 5.17. The largest absolute Gasteiger partial charge is 0.466 e. The van der Waals surface area contributed by atoms with Crippen LogP contribution in [0.2, 0.25) is 0 Å². The molecule has 0 radical (unpaired) electrons. The second kappa shape index (κ2) is 15.6. The molecule has 5 unspecified atom stereocenters. The smallest absolute Gasteiger partial charge is 0.144 e. The molecule has 0 amide bonds. The molecular weight excluding hydrogens is 552 g/mol. The molecule has 0 N–H and O–H groups in total. The Hall–Kier alpha value is -4.04. The summed E-state index contributed by atoms with van der Waals surface area (Å²) in [6.45, 7) is -4.59. The highest BCUT2D eigenvalue weighted by Gasteiger charge is 2.49. The summed E-state index contributed by atoms with van der Waals surface area (Å²) in [6, 6.07) is 40.0. The van der Waals surface area contributed by atoms with Gasteiger partial charge in [0.2, 0.25) is 0 Å². The van der Waals surface area contributed by atoms with Crippen LogP contribution in [0.4, 0.5) is 0 Å². The topological polar surface area (TPSA) is 59.3 Å². The Morgan fingerprint density at radius 3 is 1.43 bits per heavy atom.